The van der Waals surface area contributed by atoms with Crippen LogP contribution in [-0.4, -0.2) is 0 Å². The van der Waals surface area contributed by atoms with Gasteiger partial charge in [-0.15, -0.1) is 0 Å². The van der Waals surface area contributed by atoms with Gasteiger partial charge in [0.1, 0.15) is 11.6 Å². The summed E-state index contributed by atoms with van der Waals surface area (Å²) in [5.74, 6) is -0.603. The standard InChI is InChI=1S/C14H12ClF2N/c1-9-6-11(16)3-5-14(9)18-8-10-7-12(17)2-4-13(10)15/h2-7,18H,8H2,1H3. The number of nitrogens with one attached hydrogen (secondary N) is 1. The molecule has 1 N–H and O–H groups in total. The summed E-state index contributed by atoms with van der Waals surface area (Å²) in [4.78, 5) is 0. The molecular formula is C14H12ClF2N. The van der Waals surface area contributed by atoms with E-state index in [1.54, 1.807) is 13.0 Å². The SMILES string of the molecule is Cc1cc(F)ccc1NCc1cc(F)ccc1Cl. The molecule has 18 heavy (non-hydrogen) atoms. The zero-order valence-corrected chi connectivity index (χ0v) is 10.6. The lowest BCUT2D eigenvalue weighted by atomic mass is 10.1. The topological polar surface area (TPSA) is 12.0 Å². The molecule has 0 aliphatic carbocycles. The Kier molecular flexibility index (Phi) is 3.82. The Morgan fingerprint density at radius 2 is 1.72 bits per heavy atom. The molecule has 0 saturated carbocycles. The molecule has 0 atom stereocenters. The first kappa shape index (κ1) is 12.8. The molecule has 0 saturated heterocycles. The van der Waals surface area contributed by atoms with Crippen LogP contribution < -0.4 is 5.32 Å². The lowest BCUT2D eigenvalue weighted by Crippen LogP contribution is -2.02. The largest absolute Gasteiger partial charge is 0.381 e. The molecule has 0 radical (unpaired) electrons. The van der Waals surface area contributed by atoms with Gasteiger partial charge in [0.05, 0.1) is 0 Å². The molecule has 0 aliphatic heterocycles. The van der Waals surface area contributed by atoms with Gasteiger partial charge in [-0.05, 0) is 54.4 Å². The van der Waals surface area contributed by atoms with E-state index in [1.165, 1.54) is 30.3 Å². The molecule has 1 nitrogen and oxygen atoms in total. The highest BCUT2D eigenvalue weighted by Gasteiger charge is 2.04. The highest BCUT2D eigenvalue weighted by molar-refractivity contribution is 6.31. The van der Waals surface area contributed by atoms with Crippen LogP contribution in [0.15, 0.2) is 36.4 Å². The second kappa shape index (κ2) is 5.36. The summed E-state index contributed by atoms with van der Waals surface area (Å²) in [7, 11) is 0. The van der Waals surface area contributed by atoms with Gasteiger partial charge in [-0.2, -0.15) is 0 Å². The fraction of sp³-hybridized carbons (Fsp3) is 0.143. The second-order valence-electron chi connectivity index (χ2n) is 4.05. The summed E-state index contributed by atoms with van der Waals surface area (Å²) in [6.45, 7) is 2.20. The first-order valence-electron chi connectivity index (χ1n) is 5.50. The molecule has 0 bridgehead atoms. The van der Waals surface area contributed by atoms with Crippen molar-refractivity contribution in [3.05, 3.63) is 64.2 Å². The lowest BCUT2D eigenvalue weighted by molar-refractivity contribution is 0.626. The zero-order valence-electron chi connectivity index (χ0n) is 9.81. The van der Waals surface area contributed by atoms with E-state index in [2.05, 4.69) is 5.32 Å². The summed E-state index contributed by atoms with van der Waals surface area (Å²) in [5.41, 5.74) is 2.26. The van der Waals surface area contributed by atoms with Crippen LogP contribution in [0.4, 0.5) is 14.5 Å². The van der Waals surface area contributed by atoms with E-state index in [4.69, 9.17) is 11.6 Å². The van der Waals surface area contributed by atoms with E-state index in [0.29, 0.717) is 17.1 Å². The maximum atomic E-state index is 13.1. The molecule has 0 heterocycles. The molecular weight excluding hydrogens is 256 g/mol. The quantitative estimate of drug-likeness (QED) is 0.861. The number of hydrogen-bond donors (Lipinski definition) is 1. The summed E-state index contributed by atoms with van der Waals surface area (Å²) in [6, 6.07) is 8.69. The van der Waals surface area contributed by atoms with Crippen LogP contribution in [0.2, 0.25) is 5.02 Å². The highest BCUT2D eigenvalue weighted by atomic mass is 35.5. The first-order valence-corrected chi connectivity index (χ1v) is 5.88. The van der Waals surface area contributed by atoms with E-state index in [0.717, 1.165) is 11.3 Å². The number of anilines is 1. The van der Waals surface area contributed by atoms with E-state index < -0.39 is 0 Å². The third-order valence-electron chi connectivity index (χ3n) is 2.67. The van der Waals surface area contributed by atoms with Crippen LogP contribution in [-0.2, 0) is 6.54 Å². The van der Waals surface area contributed by atoms with Gasteiger partial charge >= 0.3 is 0 Å². The first-order chi connectivity index (χ1) is 8.56. The van der Waals surface area contributed by atoms with Crippen LogP contribution in [0.3, 0.4) is 0 Å². The summed E-state index contributed by atoms with van der Waals surface area (Å²) in [5, 5.41) is 3.61. The van der Waals surface area contributed by atoms with Gasteiger partial charge in [0.15, 0.2) is 0 Å². The van der Waals surface area contributed by atoms with Crippen molar-refractivity contribution >= 4 is 17.3 Å². The summed E-state index contributed by atoms with van der Waals surface area (Å²) < 4.78 is 26.0. The minimum Gasteiger partial charge on any atom is -0.381 e. The van der Waals surface area contributed by atoms with Gasteiger partial charge in [0.25, 0.3) is 0 Å². The monoisotopic (exact) mass is 267 g/mol. The molecule has 0 spiro atoms. The Hall–Kier alpha value is -1.61. The van der Waals surface area contributed by atoms with Gasteiger partial charge in [-0.3, -0.25) is 0 Å². The predicted octanol–water partition coefficient (Wildman–Crippen LogP) is 4.54. The molecule has 2 aromatic carbocycles. The molecule has 0 aromatic heterocycles. The van der Waals surface area contributed by atoms with Gasteiger partial charge in [0.2, 0.25) is 0 Å². The van der Waals surface area contributed by atoms with Gasteiger partial charge in [-0.1, -0.05) is 11.6 Å². The normalized spacial score (nSPS) is 10.4. The van der Waals surface area contributed by atoms with Crippen LogP contribution >= 0.6 is 11.6 Å². The Morgan fingerprint density at radius 3 is 2.44 bits per heavy atom. The van der Waals surface area contributed by atoms with Crippen molar-refractivity contribution in [1.29, 1.82) is 0 Å². The van der Waals surface area contributed by atoms with Crippen molar-refractivity contribution in [2.75, 3.05) is 5.32 Å². The molecule has 0 fully saturated rings. The van der Waals surface area contributed by atoms with Crippen molar-refractivity contribution in [3.8, 4) is 0 Å². The number of benzene rings is 2. The third kappa shape index (κ3) is 2.99. The van der Waals surface area contributed by atoms with Crippen LogP contribution in [0.5, 0.6) is 0 Å². The summed E-state index contributed by atoms with van der Waals surface area (Å²) in [6.07, 6.45) is 0. The number of halogens is 3. The van der Waals surface area contributed by atoms with Crippen LogP contribution in [0, 0.1) is 18.6 Å². The van der Waals surface area contributed by atoms with Gasteiger partial charge in [0, 0.05) is 17.3 Å². The van der Waals surface area contributed by atoms with Crippen molar-refractivity contribution < 1.29 is 8.78 Å². The molecule has 0 unspecified atom stereocenters. The van der Waals surface area contributed by atoms with Crippen molar-refractivity contribution in [1.82, 2.24) is 0 Å². The minimum atomic E-state index is -0.327. The van der Waals surface area contributed by atoms with E-state index in [-0.39, 0.29) is 11.6 Å². The van der Waals surface area contributed by atoms with E-state index >= 15 is 0 Å². The number of hydrogen-bond acceptors (Lipinski definition) is 1. The van der Waals surface area contributed by atoms with Crippen LogP contribution in [0.25, 0.3) is 0 Å². The molecule has 2 rings (SSSR count). The maximum absolute atomic E-state index is 13.1. The Morgan fingerprint density at radius 1 is 1.06 bits per heavy atom. The second-order valence-corrected chi connectivity index (χ2v) is 4.46. The Balaban J connectivity index is 2.13. The molecule has 0 amide bonds. The zero-order chi connectivity index (χ0) is 13.1. The third-order valence-corrected chi connectivity index (χ3v) is 3.03. The van der Waals surface area contributed by atoms with E-state index in [9.17, 15) is 8.78 Å². The average Bonchev–Trinajstić information content (AvgIpc) is 2.32. The Labute approximate surface area is 109 Å². The van der Waals surface area contributed by atoms with Crippen molar-refractivity contribution in [3.63, 3.8) is 0 Å². The van der Waals surface area contributed by atoms with Crippen molar-refractivity contribution in [2.24, 2.45) is 0 Å². The number of aryl methyl sites for hydroxylation is 1. The van der Waals surface area contributed by atoms with E-state index in [1.807, 2.05) is 0 Å². The molecule has 0 aliphatic rings. The Bertz CT molecular complexity index is 570. The fourth-order valence-corrected chi connectivity index (χ4v) is 1.88. The maximum Gasteiger partial charge on any atom is 0.123 e. The molecule has 94 valence electrons. The molecule has 2 aromatic rings. The van der Waals surface area contributed by atoms with Crippen LogP contribution in [0.1, 0.15) is 11.1 Å². The fourth-order valence-electron chi connectivity index (χ4n) is 1.69. The van der Waals surface area contributed by atoms with Gasteiger partial charge in [-0.25, -0.2) is 8.78 Å². The number of rotatable bonds is 3. The van der Waals surface area contributed by atoms with Crippen molar-refractivity contribution in [2.45, 2.75) is 13.5 Å². The summed E-state index contributed by atoms with van der Waals surface area (Å²) >= 11 is 5.96. The lowest BCUT2D eigenvalue weighted by Gasteiger charge is -2.10. The minimum absolute atomic E-state index is 0.276. The average molecular weight is 268 g/mol. The predicted molar refractivity (Wildman–Crippen MR) is 69.9 cm³/mol. The smallest absolute Gasteiger partial charge is 0.123 e. The highest BCUT2D eigenvalue weighted by Crippen LogP contribution is 2.20. The van der Waals surface area contributed by atoms with Gasteiger partial charge < -0.3 is 5.32 Å². The molecule has 4 heteroatoms.